The van der Waals surface area contributed by atoms with Crippen LogP contribution in [0.4, 0.5) is 0 Å². The average molecular weight is 386 g/mol. The van der Waals surface area contributed by atoms with Crippen molar-refractivity contribution >= 4 is 22.8 Å². The number of hydrogen-bond donors (Lipinski definition) is 1. The maximum Gasteiger partial charge on any atom is 0.339 e. The third kappa shape index (κ3) is 4.18. The van der Waals surface area contributed by atoms with Crippen LogP contribution in [0, 0.1) is 5.92 Å². The van der Waals surface area contributed by atoms with Gasteiger partial charge in [-0.1, -0.05) is 13.8 Å². The van der Waals surface area contributed by atoms with Crippen molar-refractivity contribution in [3.8, 4) is 5.75 Å². The Morgan fingerprint density at radius 1 is 1.21 bits per heavy atom. The summed E-state index contributed by atoms with van der Waals surface area (Å²) < 4.78 is 11.0. The number of amides is 1. The Bertz CT molecular complexity index is 961. The molecular weight excluding hydrogens is 362 g/mol. The molecule has 2 atom stereocenters. The van der Waals surface area contributed by atoms with Crippen LogP contribution in [-0.4, -0.2) is 24.0 Å². The molecule has 0 radical (unpaired) electrons. The molecule has 0 saturated carbocycles. The second-order valence-electron chi connectivity index (χ2n) is 7.63. The standard InChI is InChI=1S/C21H25NO6/c1-11(2)9-17(20(24)25)22-19(23)12(3)27-13-7-8-15-14-5-4-6-16(14)21(26)28-18(15)10-13/h7-8,10-12,17H,4-6,9H2,1-3H3,(H,22,23)(H,24,25)/p-1/t12-,17+/m1/s1. The molecule has 1 heterocycles. The van der Waals surface area contributed by atoms with Gasteiger partial charge in [0, 0.05) is 17.0 Å². The van der Waals surface area contributed by atoms with E-state index in [1.54, 1.807) is 12.1 Å². The highest BCUT2D eigenvalue weighted by Crippen LogP contribution is 2.29. The van der Waals surface area contributed by atoms with Gasteiger partial charge in [0.2, 0.25) is 0 Å². The molecule has 1 aliphatic rings. The highest BCUT2D eigenvalue weighted by Gasteiger charge is 2.22. The molecule has 1 N–H and O–H groups in total. The van der Waals surface area contributed by atoms with Crippen molar-refractivity contribution in [3.63, 3.8) is 0 Å². The molecule has 7 nitrogen and oxygen atoms in total. The summed E-state index contributed by atoms with van der Waals surface area (Å²) in [5, 5.41) is 14.5. The number of rotatable bonds is 7. The first kappa shape index (κ1) is 19.9. The van der Waals surface area contributed by atoms with Crippen molar-refractivity contribution in [3.05, 3.63) is 39.7 Å². The van der Waals surface area contributed by atoms with Crippen LogP contribution >= 0.6 is 0 Å². The number of aliphatic carboxylic acids is 1. The first-order valence-electron chi connectivity index (χ1n) is 9.52. The molecule has 3 rings (SSSR count). The van der Waals surface area contributed by atoms with Gasteiger partial charge in [-0.25, -0.2) is 4.79 Å². The summed E-state index contributed by atoms with van der Waals surface area (Å²) >= 11 is 0. The predicted octanol–water partition coefficient (Wildman–Crippen LogP) is 1.33. The molecule has 7 heteroatoms. The summed E-state index contributed by atoms with van der Waals surface area (Å²) in [7, 11) is 0. The summed E-state index contributed by atoms with van der Waals surface area (Å²) in [6, 6.07) is 4.06. The summed E-state index contributed by atoms with van der Waals surface area (Å²) in [4.78, 5) is 35.6. The number of nitrogens with one attached hydrogen (secondary N) is 1. The van der Waals surface area contributed by atoms with Crippen LogP contribution in [0.15, 0.2) is 27.4 Å². The number of carbonyl (C=O) groups is 2. The van der Waals surface area contributed by atoms with Gasteiger partial charge in [0.1, 0.15) is 11.3 Å². The summed E-state index contributed by atoms with van der Waals surface area (Å²) in [5.74, 6) is -1.42. The third-order valence-electron chi connectivity index (χ3n) is 4.94. The number of benzene rings is 1. The Kier molecular flexibility index (Phi) is 5.72. The molecule has 0 saturated heterocycles. The maximum atomic E-state index is 12.3. The molecule has 0 aliphatic heterocycles. The quantitative estimate of drug-likeness (QED) is 0.719. The number of ether oxygens (including phenoxy) is 1. The minimum absolute atomic E-state index is 0.0875. The van der Waals surface area contributed by atoms with E-state index in [1.165, 1.54) is 6.92 Å². The Hall–Kier alpha value is -2.83. The fraction of sp³-hybridized carbons (Fsp3) is 0.476. The molecule has 1 amide bonds. The lowest BCUT2D eigenvalue weighted by atomic mass is 10.0. The third-order valence-corrected chi connectivity index (χ3v) is 4.94. The number of fused-ring (bicyclic) bond motifs is 3. The van der Waals surface area contributed by atoms with Crippen LogP contribution in [0.5, 0.6) is 5.75 Å². The lowest BCUT2D eigenvalue weighted by Gasteiger charge is -2.23. The monoisotopic (exact) mass is 386 g/mol. The topological polar surface area (TPSA) is 109 Å². The zero-order valence-electron chi connectivity index (χ0n) is 16.2. The molecule has 1 aliphatic carbocycles. The van der Waals surface area contributed by atoms with E-state index < -0.39 is 24.0 Å². The van der Waals surface area contributed by atoms with Gasteiger partial charge < -0.3 is 24.4 Å². The minimum atomic E-state index is -1.32. The van der Waals surface area contributed by atoms with E-state index in [0.717, 1.165) is 35.8 Å². The van der Waals surface area contributed by atoms with Crippen LogP contribution in [0.1, 0.15) is 44.7 Å². The molecular formula is C21H24NO6-. The van der Waals surface area contributed by atoms with Gasteiger partial charge in [0.25, 0.3) is 5.91 Å². The van der Waals surface area contributed by atoms with Crippen molar-refractivity contribution in [1.29, 1.82) is 0 Å². The van der Waals surface area contributed by atoms with Gasteiger partial charge in [-0.05, 0) is 56.2 Å². The van der Waals surface area contributed by atoms with Crippen molar-refractivity contribution in [1.82, 2.24) is 5.32 Å². The predicted molar refractivity (Wildman–Crippen MR) is 101 cm³/mol. The first-order chi connectivity index (χ1) is 13.3. The lowest BCUT2D eigenvalue weighted by Crippen LogP contribution is -2.51. The minimum Gasteiger partial charge on any atom is -0.548 e. The number of carboxylic acid groups (broad SMARTS) is 1. The van der Waals surface area contributed by atoms with E-state index >= 15 is 0 Å². The van der Waals surface area contributed by atoms with Crippen molar-refractivity contribution in [2.24, 2.45) is 5.92 Å². The van der Waals surface area contributed by atoms with Gasteiger partial charge in [0.15, 0.2) is 6.10 Å². The Labute approximate surface area is 162 Å². The molecule has 0 fully saturated rings. The van der Waals surface area contributed by atoms with Gasteiger partial charge in [-0.3, -0.25) is 4.79 Å². The van der Waals surface area contributed by atoms with Crippen LogP contribution in [0.25, 0.3) is 11.0 Å². The van der Waals surface area contributed by atoms with Gasteiger partial charge in [-0.2, -0.15) is 0 Å². The largest absolute Gasteiger partial charge is 0.548 e. The van der Waals surface area contributed by atoms with Crippen LogP contribution < -0.4 is 20.8 Å². The van der Waals surface area contributed by atoms with E-state index in [-0.39, 0.29) is 18.0 Å². The number of carbonyl (C=O) groups excluding carboxylic acids is 2. The van der Waals surface area contributed by atoms with E-state index in [1.807, 2.05) is 19.9 Å². The zero-order valence-corrected chi connectivity index (χ0v) is 16.2. The van der Waals surface area contributed by atoms with Gasteiger partial charge in [0.05, 0.1) is 12.0 Å². The van der Waals surface area contributed by atoms with Gasteiger partial charge >= 0.3 is 5.63 Å². The van der Waals surface area contributed by atoms with E-state index in [0.29, 0.717) is 11.3 Å². The zero-order chi connectivity index (χ0) is 20.4. The normalized spacial score (nSPS) is 15.3. The average Bonchev–Trinajstić information content (AvgIpc) is 3.11. The smallest absolute Gasteiger partial charge is 0.339 e. The Balaban J connectivity index is 1.75. The van der Waals surface area contributed by atoms with E-state index in [9.17, 15) is 19.5 Å². The summed E-state index contributed by atoms with van der Waals surface area (Å²) in [5.41, 5.74) is 1.86. The van der Waals surface area contributed by atoms with Crippen molar-refractivity contribution < 1.29 is 23.8 Å². The lowest BCUT2D eigenvalue weighted by molar-refractivity contribution is -0.308. The highest BCUT2D eigenvalue weighted by atomic mass is 16.5. The number of carboxylic acids is 1. The molecule has 0 spiro atoms. The van der Waals surface area contributed by atoms with Crippen LogP contribution in [0.3, 0.4) is 0 Å². The fourth-order valence-corrected chi connectivity index (χ4v) is 3.57. The molecule has 0 bridgehead atoms. The van der Waals surface area contributed by atoms with Crippen molar-refractivity contribution in [2.45, 2.75) is 58.6 Å². The second kappa shape index (κ2) is 8.04. The number of hydrogen-bond acceptors (Lipinski definition) is 6. The first-order valence-corrected chi connectivity index (χ1v) is 9.52. The highest BCUT2D eigenvalue weighted by molar-refractivity contribution is 5.86. The number of aryl methyl sites for hydroxylation is 1. The van der Waals surface area contributed by atoms with Crippen molar-refractivity contribution in [2.75, 3.05) is 0 Å². The second-order valence-corrected chi connectivity index (χ2v) is 7.63. The van der Waals surface area contributed by atoms with E-state index in [4.69, 9.17) is 9.15 Å². The Morgan fingerprint density at radius 3 is 2.61 bits per heavy atom. The molecule has 2 aromatic rings. The van der Waals surface area contributed by atoms with Crippen LogP contribution in [0.2, 0.25) is 0 Å². The summed E-state index contributed by atoms with van der Waals surface area (Å²) in [6.45, 7) is 5.25. The molecule has 1 aromatic heterocycles. The fourth-order valence-electron chi connectivity index (χ4n) is 3.57. The molecule has 1 aromatic carbocycles. The van der Waals surface area contributed by atoms with Gasteiger partial charge in [-0.15, -0.1) is 0 Å². The Morgan fingerprint density at radius 2 is 1.93 bits per heavy atom. The molecule has 28 heavy (non-hydrogen) atoms. The van der Waals surface area contributed by atoms with Crippen LogP contribution in [-0.2, 0) is 22.4 Å². The maximum absolute atomic E-state index is 12.3. The molecule has 0 unspecified atom stereocenters. The van der Waals surface area contributed by atoms with E-state index in [2.05, 4.69) is 5.32 Å². The summed E-state index contributed by atoms with van der Waals surface area (Å²) in [6.07, 6.45) is 1.86. The molecule has 150 valence electrons. The SMILES string of the molecule is CC(C)C[C@H](NC(=O)[C@@H](C)Oc1ccc2c3c(c(=O)oc2c1)CCC3)C(=O)[O-].